The van der Waals surface area contributed by atoms with E-state index in [2.05, 4.69) is 21.3 Å². The first-order chi connectivity index (χ1) is 16.4. The zero-order valence-electron chi connectivity index (χ0n) is 19.0. The number of halogens is 3. The Hall–Kier alpha value is -3.28. The number of ketones is 1. The molecule has 2 fully saturated rings. The normalized spacial score (nSPS) is 23.0. The molecule has 35 heavy (non-hydrogen) atoms. The van der Waals surface area contributed by atoms with Crippen molar-refractivity contribution in [1.82, 2.24) is 16.0 Å². The molecule has 1 aromatic rings. The number of hydrogen-bond donors (Lipinski definition) is 4. The van der Waals surface area contributed by atoms with E-state index in [1.807, 2.05) is 0 Å². The largest absolute Gasteiger partial charge is 0.449 e. The van der Waals surface area contributed by atoms with Crippen LogP contribution in [0.4, 0.5) is 19.3 Å². The summed E-state index contributed by atoms with van der Waals surface area (Å²) in [7, 11) is 1.26. The molecule has 4 N–H and O–H groups in total. The van der Waals surface area contributed by atoms with Gasteiger partial charge in [-0.3, -0.25) is 24.5 Å². The maximum Gasteiger partial charge on any atom is 0.411 e. The monoisotopic (exact) mass is 514 g/mol. The Balaban J connectivity index is 1.74. The van der Waals surface area contributed by atoms with Crippen molar-refractivity contribution in [3.8, 4) is 0 Å². The number of benzene rings is 1. The molecule has 1 aromatic carbocycles. The van der Waals surface area contributed by atoms with Gasteiger partial charge in [0, 0.05) is 30.5 Å². The quantitative estimate of drug-likeness (QED) is 0.370. The maximum absolute atomic E-state index is 13.1. The average Bonchev–Trinajstić information content (AvgIpc) is 3.29. The highest BCUT2D eigenvalue weighted by atomic mass is 35.5. The van der Waals surface area contributed by atoms with Gasteiger partial charge >= 0.3 is 6.09 Å². The van der Waals surface area contributed by atoms with Crippen LogP contribution in [0.25, 0.3) is 0 Å². The highest BCUT2D eigenvalue weighted by molar-refractivity contribution is 6.38. The number of carbonyl (C=O) groups excluding carboxylic acids is 5. The van der Waals surface area contributed by atoms with E-state index in [0.717, 1.165) is 0 Å². The summed E-state index contributed by atoms with van der Waals surface area (Å²) in [5.41, 5.74) is -0.219. The van der Waals surface area contributed by atoms with Gasteiger partial charge in [0.05, 0.1) is 23.2 Å². The first kappa shape index (κ1) is 26.3. The summed E-state index contributed by atoms with van der Waals surface area (Å²) in [6.45, 7) is 1.30. The number of ether oxygens (including phenoxy) is 1. The van der Waals surface area contributed by atoms with Crippen LogP contribution in [0.15, 0.2) is 18.2 Å². The molecule has 190 valence electrons. The van der Waals surface area contributed by atoms with Crippen LogP contribution in [0.1, 0.15) is 36.5 Å². The molecule has 0 aromatic heterocycles. The average molecular weight is 515 g/mol. The van der Waals surface area contributed by atoms with Gasteiger partial charge in [-0.05, 0) is 38.0 Å². The molecule has 1 aliphatic heterocycles. The molecule has 13 heteroatoms. The first-order valence-corrected chi connectivity index (χ1v) is 11.3. The van der Waals surface area contributed by atoms with Crippen molar-refractivity contribution in [3.63, 3.8) is 0 Å². The van der Waals surface area contributed by atoms with Crippen LogP contribution in [0, 0.1) is 11.8 Å². The number of alkyl halides is 2. The number of rotatable bonds is 9. The molecule has 0 radical (unpaired) electrons. The lowest BCUT2D eigenvalue weighted by Crippen LogP contribution is -2.48. The van der Waals surface area contributed by atoms with Gasteiger partial charge in [-0.1, -0.05) is 11.6 Å². The molecule has 0 spiro atoms. The number of anilines is 1. The molecular weight excluding hydrogens is 490 g/mol. The lowest BCUT2D eigenvalue weighted by atomic mass is 9.93. The SMILES string of the molecule is CNC(=O)C(=O)C(C[C@@H]1C[C@@H](C)NC1=O)NC(=O)c1cc(Cl)ccc1NC(=O)OCC1CC1(F)F. The van der Waals surface area contributed by atoms with Gasteiger partial charge < -0.3 is 20.7 Å². The first-order valence-electron chi connectivity index (χ1n) is 10.9. The second kappa shape index (κ2) is 10.5. The van der Waals surface area contributed by atoms with Gasteiger partial charge in [-0.25, -0.2) is 13.6 Å². The minimum atomic E-state index is -2.86. The lowest BCUT2D eigenvalue weighted by Gasteiger charge is -2.20. The molecule has 4 atom stereocenters. The van der Waals surface area contributed by atoms with Crippen LogP contribution < -0.4 is 21.3 Å². The zero-order valence-corrected chi connectivity index (χ0v) is 19.7. The van der Waals surface area contributed by atoms with E-state index in [1.54, 1.807) is 6.92 Å². The molecule has 1 saturated heterocycles. The zero-order chi connectivity index (χ0) is 25.9. The van der Waals surface area contributed by atoms with Gasteiger partial charge in [0.25, 0.3) is 17.7 Å². The number of hydrogen-bond acceptors (Lipinski definition) is 6. The second-order valence-corrected chi connectivity index (χ2v) is 9.06. The van der Waals surface area contributed by atoms with E-state index in [4.69, 9.17) is 16.3 Å². The topological polar surface area (TPSA) is 143 Å². The number of Topliss-reactive ketones (excluding diaryl/α,β-unsaturated/α-hetero) is 1. The summed E-state index contributed by atoms with van der Waals surface area (Å²) in [5.74, 6) is -7.56. The third-order valence-corrected chi connectivity index (χ3v) is 6.06. The Morgan fingerprint density at radius 2 is 1.97 bits per heavy atom. The van der Waals surface area contributed by atoms with Crippen molar-refractivity contribution in [2.24, 2.45) is 11.8 Å². The van der Waals surface area contributed by atoms with Gasteiger partial charge in [-0.2, -0.15) is 0 Å². The smallest absolute Gasteiger partial charge is 0.411 e. The minimum absolute atomic E-state index is 0.0576. The van der Waals surface area contributed by atoms with Crippen LogP contribution in [0.3, 0.4) is 0 Å². The summed E-state index contributed by atoms with van der Waals surface area (Å²) < 4.78 is 30.8. The summed E-state index contributed by atoms with van der Waals surface area (Å²) in [6, 6.07) is 2.43. The third-order valence-electron chi connectivity index (χ3n) is 5.82. The fourth-order valence-corrected chi connectivity index (χ4v) is 3.95. The number of amides is 4. The van der Waals surface area contributed by atoms with Crippen LogP contribution in [-0.2, 0) is 19.1 Å². The van der Waals surface area contributed by atoms with Crippen molar-refractivity contribution in [1.29, 1.82) is 0 Å². The summed E-state index contributed by atoms with van der Waals surface area (Å²) in [6.07, 6.45) is -1.12. The Morgan fingerprint density at radius 1 is 1.29 bits per heavy atom. The van der Waals surface area contributed by atoms with Crippen LogP contribution in [0.2, 0.25) is 5.02 Å². The number of carbonyl (C=O) groups is 5. The predicted octanol–water partition coefficient (Wildman–Crippen LogP) is 1.87. The molecular formula is C22H25ClF2N4O6. The number of nitrogens with one attached hydrogen (secondary N) is 4. The van der Waals surface area contributed by atoms with Crippen LogP contribution in [-0.4, -0.2) is 61.3 Å². The van der Waals surface area contributed by atoms with Gasteiger partial charge in [-0.15, -0.1) is 0 Å². The van der Waals surface area contributed by atoms with Crippen molar-refractivity contribution in [2.45, 2.75) is 44.2 Å². The summed E-state index contributed by atoms with van der Waals surface area (Å²) in [5, 5.41) is 9.78. The molecule has 1 aliphatic carbocycles. The molecule has 0 bridgehead atoms. The van der Waals surface area contributed by atoms with Crippen molar-refractivity contribution < 1.29 is 37.5 Å². The molecule has 4 amide bonds. The lowest BCUT2D eigenvalue weighted by molar-refractivity contribution is -0.139. The van der Waals surface area contributed by atoms with Gasteiger partial charge in [0.1, 0.15) is 6.61 Å². The minimum Gasteiger partial charge on any atom is -0.449 e. The van der Waals surface area contributed by atoms with E-state index in [0.29, 0.717) is 6.42 Å². The van der Waals surface area contributed by atoms with E-state index >= 15 is 0 Å². The second-order valence-electron chi connectivity index (χ2n) is 8.62. The molecule has 2 unspecified atom stereocenters. The molecule has 1 saturated carbocycles. The molecule has 2 aliphatic rings. The van der Waals surface area contributed by atoms with E-state index in [1.165, 1.54) is 25.2 Å². The van der Waals surface area contributed by atoms with Crippen molar-refractivity contribution in [2.75, 3.05) is 19.0 Å². The van der Waals surface area contributed by atoms with Crippen molar-refractivity contribution in [3.05, 3.63) is 28.8 Å². The predicted molar refractivity (Wildman–Crippen MR) is 120 cm³/mol. The highest BCUT2D eigenvalue weighted by Gasteiger charge is 2.57. The molecule has 10 nitrogen and oxygen atoms in total. The Morgan fingerprint density at radius 3 is 2.54 bits per heavy atom. The van der Waals surface area contributed by atoms with E-state index in [-0.39, 0.29) is 41.1 Å². The fourth-order valence-electron chi connectivity index (χ4n) is 3.78. The Bertz CT molecular complexity index is 1050. The maximum atomic E-state index is 13.1. The third kappa shape index (κ3) is 6.65. The number of likely N-dealkylation sites (N-methyl/N-ethyl adjacent to an activating group) is 1. The fraction of sp³-hybridized carbons (Fsp3) is 0.500. The van der Waals surface area contributed by atoms with Crippen LogP contribution >= 0.6 is 11.6 Å². The molecule has 1 heterocycles. The van der Waals surface area contributed by atoms with Gasteiger partial charge in [0.15, 0.2) is 0 Å². The van der Waals surface area contributed by atoms with E-state index < -0.39 is 54.1 Å². The van der Waals surface area contributed by atoms with Crippen molar-refractivity contribution >= 4 is 46.9 Å². The Labute approximate surface area is 204 Å². The molecule has 3 rings (SSSR count). The van der Waals surface area contributed by atoms with E-state index in [9.17, 15) is 32.8 Å². The summed E-state index contributed by atoms with van der Waals surface area (Å²) in [4.78, 5) is 61.9. The van der Waals surface area contributed by atoms with Gasteiger partial charge in [0.2, 0.25) is 11.7 Å². The van der Waals surface area contributed by atoms with Crippen LogP contribution in [0.5, 0.6) is 0 Å². The summed E-state index contributed by atoms with van der Waals surface area (Å²) >= 11 is 5.99. The highest BCUT2D eigenvalue weighted by Crippen LogP contribution is 2.48. The Kier molecular flexibility index (Phi) is 7.93. The standard InChI is InChI=1S/C22H25ClF2N4O6/c1-10-5-11(18(31)27-10)6-16(17(30)20(33)26-2)28-19(32)14-7-13(23)3-4-15(14)29-21(34)35-9-12-8-22(12,24)25/h3-4,7,10-12,16H,5-6,8-9H2,1-2H3,(H,26,33)(H,27,31)(H,28,32)(H,29,34)/t10-,11+,12?,16?/m1/s1.